The summed E-state index contributed by atoms with van der Waals surface area (Å²) in [5.41, 5.74) is 1.39. The summed E-state index contributed by atoms with van der Waals surface area (Å²) in [6, 6.07) is 12.7. The van der Waals surface area contributed by atoms with E-state index in [1.807, 2.05) is 0 Å². The molecule has 0 aromatic heterocycles. The Kier molecular flexibility index (Phi) is 3.27. The maximum Gasteiger partial charge on any atom is 0.358 e. The van der Waals surface area contributed by atoms with Gasteiger partial charge < -0.3 is 5.02 Å². The summed E-state index contributed by atoms with van der Waals surface area (Å²) < 4.78 is 12.7. The van der Waals surface area contributed by atoms with Crippen molar-refractivity contribution in [2.45, 2.75) is 0 Å². The summed E-state index contributed by atoms with van der Waals surface area (Å²) in [7, 11) is 0. The predicted molar refractivity (Wildman–Crippen MR) is 65.1 cm³/mol. The van der Waals surface area contributed by atoms with Gasteiger partial charge in [0.25, 0.3) is 0 Å². The number of rotatable bonds is 2. The molecule has 0 aliphatic rings. The second-order valence-electron chi connectivity index (χ2n) is 3.51. The SMILES string of the molecule is OB(c1ccc(F)cc1)c1ccc(Cl)cc1. The molecule has 2 aromatic carbocycles. The first-order valence-electron chi connectivity index (χ1n) is 4.86. The van der Waals surface area contributed by atoms with E-state index in [0.29, 0.717) is 10.5 Å². The molecule has 80 valence electrons. The van der Waals surface area contributed by atoms with E-state index in [2.05, 4.69) is 0 Å². The highest BCUT2D eigenvalue weighted by Gasteiger charge is 2.16. The van der Waals surface area contributed by atoms with Gasteiger partial charge in [-0.3, -0.25) is 0 Å². The topological polar surface area (TPSA) is 20.2 Å². The van der Waals surface area contributed by atoms with Crippen molar-refractivity contribution in [3.63, 3.8) is 0 Å². The van der Waals surface area contributed by atoms with E-state index in [4.69, 9.17) is 11.6 Å². The highest BCUT2D eigenvalue weighted by Crippen LogP contribution is 2.04. The third-order valence-electron chi connectivity index (χ3n) is 2.37. The van der Waals surface area contributed by atoms with E-state index >= 15 is 0 Å². The normalized spacial score (nSPS) is 10.2. The maximum atomic E-state index is 12.7. The first-order chi connectivity index (χ1) is 7.66. The molecule has 4 heteroatoms. The van der Waals surface area contributed by atoms with Crippen LogP contribution < -0.4 is 10.9 Å². The molecule has 0 amide bonds. The average molecular weight is 234 g/mol. The van der Waals surface area contributed by atoms with Gasteiger partial charge in [-0.1, -0.05) is 35.9 Å². The molecule has 0 saturated heterocycles. The van der Waals surface area contributed by atoms with Crippen molar-refractivity contribution in [3.05, 3.63) is 59.4 Å². The fourth-order valence-corrected chi connectivity index (χ4v) is 1.61. The molecule has 16 heavy (non-hydrogen) atoms. The molecular formula is C12H9BClFO. The standard InChI is InChI=1S/C12H9BClFO/c14-11-5-1-9(2-6-11)13(16)10-3-7-12(15)8-4-10/h1-8,16H. The lowest BCUT2D eigenvalue weighted by Crippen LogP contribution is -2.42. The molecule has 1 nitrogen and oxygen atoms in total. The van der Waals surface area contributed by atoms with Crippen molar-refractivity contribution in [2.24, 2.45) is 0 Å². The summed E-state index contributed by atoms with van der Waals surface area (Å²) in [4.78, 5) is 0. The predicted octanol–water partition coefficient (Wildman–Crippen LogP) is 1.58. The van der Waals surface area contributed by atoms with E-state index in [1.165, 1.54) is 12.1 Å². The van der Waals surface area contributed by atoms with Crippen LogP contribution in [0.15, 0.2) is 48.5 Å². The van der Waals surface area contributed by atoms with E-state index in [-0.39, 0.29) is 5.82 Å². The Morgan fingerprint density at radius 1 is 0.875 bits per heavy atom. The van der Waals surface area contributed by atoms with Crippen molar-refractivity contribution >= 4 is 29.4 Å². The van der Waals surface area contributed by atoms with Crippen LogP contribution >= 0.6 is 11.6 Å². The smallest absolute Gasteiger partial charge is 0.358 e. The van der Waals surface area contributed by atoms with Gasteiger partial charge in [0, 0.05) is 5.02 Å². The molecule has 0 aliphatic heterocycles. The summed E-state index contributed by atoms with van der Waals surface area (Å²) in [5.74, 6) is -0.313. The van der Waals surface area contributed by atoms with Crippen LogP contribution in [0.4, 0.5) is 4.39 Å². The van der Waals surface area contributed by atoms with Crippen LogP contribution in [0, 0.1) is 5.82 Å². The van der Waals surface area contributed by atoms with Crippen LogP contribution in [0.3, 0.4) is 0 Å². The maximum absolute atomic E-state index is 12.7. The minimum absolute atomic E-state index is 0.313. The zero-order valence-electron chi connectivity index (χ0n) is 8.40. The first kappa shape index (κ1) is 11.2. The fraction of sp³-hybridized carbons (Fsp3) is 0. The van der Waals surface area contributed by atoms with Crippen LogP contribution in [0.1, 0.15) is 0 Å². The summed E-state index contributed by atoms with van der Waals surface area (Å²) in [6.45, 7) is -0.752. The quantitative estimate of drug-likeness (QED) is 0.782. The molecule has 0 bridgehead atoms. The van der Waals surface area contributed by atoms with Gasteiger partial charge in [-0.05, 0) is 35.2 Å². The number of hydrogen-bond donors (Lipinski definition) is 1. The largest absolute Gasteiger partial charge is 0.443 e. The van der Waals surface area contributed by atoms with Gasteiger partial charge in [-0.15, -0.1) is 0 Å². The van der Waals surface area contributed by atoms with Crippen molar-refractivity contribution in [1.82, 2.24) is 0 Å². The van der Waals surface area contributed by atoms with Crippen molar-refractivity contribution in [2.75, 3.05) is 0 Å². The van der Waals surface area contributed by atoms with Crippen LogP contribution in [0.5, 0.6) is 0 Å². The van der Waals surface area contributed by atoms with Gasteiger partial charge in [-0.2, -0.15) is 0 Å². The zero-order valence-corrected chi connectivity index (χ0v) is 9.16. The monoisotopic (exact) mass is 234 g/mol. The molecule has 0 aliphatic carbocycles. The van der Waals surface area contributed by atoms with Gasteiger partial charge >= 0.3 is 6.92 Å². The van der Waals surface area contributed by atoms with Gasteiger partial charge in [-0.25, -0.2) is 4.39 Å². The van der Waals surface area contributed by atoms with Gasteiger partial charge in [0.05, 0.1) is 0 Å². The Bertz CT molecular complexity index is 424. The second-order valence-corrected chi connectivity index (χ2v) is 3.94. The van der Waals surface area contributed by atoms with Crippen LogP contribution in [-0.4, -0.2) is 11.9 Å². The van der Waals surface area contributed by atoms with Gasteiger partial charge in [0.2, 0.25) is 0 Å². The van der Waals surface area contributed by atoms with Crippen LogP contribution in [0.2, 0.25) is 5.02 Å². The Labute approximate surface area is 98.6 Å². The van der Waals surface area contributed by atoms with E-state index in [9.17, 15) is 9.41 Å². The van der Waals surface area contributed by atoms with Crippen LogP contribution in [-0.2, 0) is 0 Å². The molecule has 0 spiro atoms. The lowest BCUT2D eigenvalue weighted by molar-refractivity contribution is 0.599. The van der Waals surface area contributed by atoms with Crippen molar-refractivity contribution < 1.29 is 9.41 Å². The van der Waals surface area contributed by atoms with Gasteiger partial charge in [0.15, 0.2) is 0 Å². The fourth-order valence-electron chi connectivity index (χ4n) is 1.48. The molecule has 0 unspecified atom stereocenters. The molecule has 0 saturated carbocycles. The van der Waals surface area contributed by atoms with E-state index in [0.717, 1.165) is 5.46 Å². The molecule has 0 fully saturated rings. The minimum Gasteiger partial charge on any atom is -0.443 e. The Hall–Kier alpha value is -1.32. The average Bonchev–Trinajstić information content (AvgIpc) is 2.30. The molecule has 0 atom stereocenters. The third-order valence-corrected chi connectivity index (χ3v) is 2.62. The molecular weight excluding hydrogens is 225 g/mol. The molecule has 2 rings (SSSR count). The molecule has 0 heterocycles. The third kappa shape index (κ3) is 2.43. The van der Waals surface area contributed by atoms with Crippen molar-refractivity contribution in [1.29, 1.82) is 0 Å². The molecule has 0 radical (unpaired) electrons. The number of hydrogen-bond acceptors (Lipinski definition) is 1. The Balaban J connectivity index is 2.28. The lowest BCUT2D eigenvalue weighted by Gasteiger charge is -2.07. The van der Waals surface area contributed by atoms with E-state index in [1.54, 1.807) is 36.4 Å². The summed E-state index contributed by atoms with van der Waals surface area (Å²) >= 11 is 5.75. The first-order valence-corrected chi connectivity index (χ1v) is 5.23. The van der Waals surface area contributed by atoms with E-state index < -0.39 is 6.92 Å². The second kappa shape index (κ2) is 4.68. The number of halogens is 2. The highest BCUT2D eigenvalue weighted by atomic mass is 35.5. The highest BCUT2D eigenvalue weighted by molar-refractivity contribution is 6.78. The summed E-state index contributed by atoms with van der Waals surface area (Å²) in [6.07, 6.45) is 0. The van der Waals surface area contributed by atoms with Crippen LogP contribution in [0.25, 0.3) is 0 Å². The lowest BCUT2D eigenvalue weighted by atomic mass is 9.56. The summed E-state index contributed by atoms with van der Waals surface area (Å²) in [5, 5.41) is 10.6. The Morgan fingerprint density at radius 3 is 1.81 bits per heavy atom. The Morgan fingerprint density at radius 2 is 1.31 bits per heavy atom. The van der Waals surface area contributed by atoms with Crippen molar-refractivity contribution in [3.8, 4) is 0 Å². The molecule has 1 N–H and O–H groups in total. The number of benzene rings is 2. The minimum atomic E-state index is -0.752. The molecule has 2 aromatic rings. The van der Waals surface area contributed by atoms with Gasteiger partial charge in [0.1, 0.15) is 5.82 Å². The zero-order chi connectivity index (χ0) is 11.5.